The smallest absolute Gasteiger partial charge is 0.366 e. The molecule has 7 rings (SSSR count). The monoisotopic (exact) mass is 627 g/mol. The summed E-state index contributed by atoms with van der Waals surface area (Å²) in [6.45, 7) is 1.90. The van der Waals surface area contributed by atoms with Crippen LogP contribution >= 0.6 is 0 Å². The van der Waals surface area contributed by atoms with E-state index in [9.17, 15) is 22.8 Å². The van der Waals surface area contributed by atoms with Gasteiger partial charge in [0, 0.05) is 42.6 Å². The Morgan fingerprint density at radius 2 is 1.58 bits per heavy atom. The molecule has 5 fully saturated rings. The van der Waals surface area contributed by atoms with Gasteiger partial charge in [-0.2, -0.15) is 18.2 Å². The Bertz CT molecular complexity index is 1350. The molecular formula is C33H44F3N7O2. The number of alkyl halides is 3. The normalized spacial score (nSPS) is 26.1. The number of fused-ring (bicyclic) bond motifs is 3. The molecule has 2 heterocycles. The predicted molar refractivity (Wildman–Crippen MR) is 166 cm³/mol. The van der Waals surface area contributed by atoms with E-state index in [1.165, 1.54) is 0 Å². The molecule has 5 aliphatic rings. The van der Waals surface area contributed by atoms with Crippen LogP contribution in [0.15, 0.2) is 30.5 Å². The van der Waals surface area contributed by atoms with Gasteiger partial charge in [-0.25, -0.2) is 4.98 Å². The van der Waals surface area contributed by atoms with Gasteiger partial charge >= 0.3 is 6.18 Å². The van der Waals surface area contributed by atoms with E-state index >= 15 is 0 Å². The Morgan fingerprint density at radius 3 is 2.22 bits per heavy atom. The Kier molecular flexibility index (Phi) is 9.22. The lowest BCUT2D eigenvalue weighted by molar-refractivity contribution is -0.137. The number of halogens is 3. The average Bonchev–Trinajstić information content (AvgIpc) is 3.54. The predicted octanol–water partition coefficient (Wildman–Crippen LogP) is 5.68. The van der Waals surface area contributed by atoms with Crippen molar-refractivity contribution < 1.29 is 22.8 Å². The Balaban J connectivity index is 1.18. The van der Waals surface area contributed by atoms with E-state index in [0.29, 0.717) is 11.3 Å². The molecule has 1 saturated heterocycles. The molecule has 0 radical (unpaired) electrons. The zero-order valence-corrected chi connectivity index (χ0v) is 26.1. The quantitative estimate of drug-likeness (QED) is 0.346. The molecule has 4 aliphatic carbocycles. The summed E-state index contributed by atoms with van der Waals surface area (Å²) in [5.41, 5.74) is 0.124. The van der Waals surface area contributed by atoms with E-state index in [-0.39, 0.29) is 47.5 Å². The second-order valence-electron chi connectivity index (χ2n) is 13.5. The Morgan fingerprint density at radius 1 is 0.933 bits per heavy atom. The molecule has 2 bridgehead atoms. The third-order valence-electron chi connectivity index (χ3n) is 10.6. The first-order valence-corrected chi connectivity index (χ1v) is 16.4. The number of rotatable bonds is 8. The van der Waals surface area contributed by atoms with Gasteiger partial charge in [0.15, 0.2) is 0 Å². The number of hydrogen-bond acceptors (Lipinski definition) is 7. The van der Waals surface area contributed by atoms with Crippen LogP contribution in [-0.2, 0) is 11.0 Å². The summed E-state index contributed by atoms with van der Waals surface area (Å²) in [7, 11) is 3.91. The molecule has 0 unspecified atom stereocenters. The van der Waals surface area contributed by atoms with E-state index in [0.717, 1.165) is 83.5 Å². The molecule has 2 amide bonds. The third kappa shape index (κ3) is 7.05. The van der Waals surface area contributed by atoms with Crippen LogP contribution in [0.5, 0.6) is 0 Å². The second kappa shape index (κ2) is 13.1. The van der Waals surface area contributed by atoms with Gasteiger partial charge in [0.2, 0.25) is 11.9 Å². The maximum atomic E-state index is 14.2. The number of aromatic nitrogens is 2. The van der Waals surface area contributed by atoms with Crippen molar-refractivity contribution in [3.8, 4) is 0 Å². The summed E-state index contributed by atoms with van der Waals surface area (Å²) >= 11 is 0. The van der Waals surface area contributed by atoms with Crippen molar-refractivity contribution in [2.24, 2.45) is 17.8 Å². The number of amides is 2. The number of carbonyl (C=O) groups excluding carboxylic acids is 2. The van der Waals surface area contributed by atoms with Crippen LogP contribution in [0.2, 0.25) is 0 Å². The molecule has 2 aromatic rings. The highest BCUT2D eigenvalue weighted by molar-refractivity contribution is 5.94. The molecule has 2 atom stereocenters. The fraction of sp³-hybridized carbons (Fsp3) is 0.636. The molecule has 3 N–H and O–H groups in total. The first kappa shape index (κ1) is 31.6. The number of likely N-dealkylation sites (tertiary alicyclic amines) is 1. The highest BCUT2D eigenvalue weighted by Gasteiger charge is 2.48. The molecule has 1 aromatic carbocycles. The van der Waals surface area contributed by atoms with Crippen LogP contribution in [0.1, 0.15) is 80.1 Å². The van der Waals surface area contributed by atoms with Gasteiger partial charge in [-0.1, -0.05) is 12.8 Å². The Labute approximate surface area is 262 Å². The zero-order valence-electron chi connectivity index (χ0n) is 26.1. The standard InChI is InChI=1S/C33H44F3N7O2/c1-42-17-15-25(16-18-42)43(2)31(45)22-11-13-24(14-12-22)39-32-37-19-26(33(34,35)36)29(41-32)40-28-21-9-7-20(8-10-21)27(28)30(44)38-23-5-3-4-6-23/h11-14,19-21,23,25,27-28H,3-10,15-18H2,1-2H3,(H,38,44)(H2,37,39,40,41)/t20?,21?,27-,28+/m0/s1. The lowest BCUT2D eigenvalue weighted by Gasteiger charge is -2.48. The summed E-state index contributed by atoms with van der Waals surface area (Å²) in [5.74, 6) is -0.596. The van der Waals surface area contributed by atoms with Crippen molar-refractivity contribution >= 4 is 29.3 Å². The summed E-state index contributed by atoms with van der Waals surface area (Å²) in [6, 6.07) is 6.70. The largest absolute Gasteiger partial charge is 0.421 e. The molecule has 4 saturated carbocycles. The van der Waals surface area contributed by atoms with Gasteiger partial charge in [0.05, 0.1) is 5.92 Å². The first-order chi connectivity index (χ1) is 21.6. The Hall–Kier alpha value is -3.41. The van der Waals surface area contributed by atoms with Crippen LogP contribution < -0.4 is 16.0 Å². The topological polar surface area (TPSA) is 102 Å². The van der Waals surface area contributed by atoms with Crippen molar-refractivity contribution in [2.45, 2.75) is 88.5 Å². The first-order valence-electron chi connectivity index (χ1n) is 16.4. The van der Waals surface area contributed by atoms with Crippen molar-refractivity contribution in [1.29, 1.82) is 0 Å². The van der Waals surface area contributed by atoms with Crippen LogP contribution in [0, 0.1) is 17.8 Å². The molecule has 1 aromatic heterocycles. The minimum absolute atomic E-state index is 0.000876. The fourth-order valence-electron chi connectivity index (χ4n) is 7.90. The maximum Gasteiger partial charge on any atom is 0.421 e. The molecule has 244 valence electrons. The van der Waals surface area contributed by atoms with Crippen molar-refractivity contribution in [3.05, 3.63) is 41.6 Å². The lowest BCUT2D eigenvalue weighted by Crippen LogP contribution is -2.55. The van der Waals surface area contributed by atoms with Crippen molar-refractivity contribution in [1.82, 2.24) is 25.1 Å². The van der Waals surface area contributed by atoms with Crippen LogP contribution in [0.25, 0.3) is 0 Å². The highest BCUT2D eigenvalue weighted by atomic mass is 19.4. The third-order valence-corrected chi connectivity index (χ3v) is 10.6. The van der Waals surface area contributed by atoms with Gasteiger partial charge in [-0.05, 0) is 108 Å². The van der Waals surface area contributed by atoms with Gasteiger partial charge in [-0.15, -0.1) is 0 Å². The van der Waals surface area contributed by atoms with E-state index < -0.39 is 23.7 Å². The maximum absolute atomic E-state index is 14.2. The van der Waals surface area contributed by atoms with E-state index in [4.69, 9.17) is 0 Å². The van der Waals surface area contributed by atoms with E-state index in [2.05, 4.69) is 37.9 Å². The number of nitrogens with zero attached hydrogens (tertiary/aromatic N) is 4. The van der Waals surface area contributed by atoms with Gasteiger partial charge < -0.3 is 25.8 Å². The van der Waals surface area contributed by atoms with Gasteiger partial charge in [0.25, 0.3) is 5.91 Å². The van der Waals surface area contributed by atoms with Crippen LogP contribution in [0.4, 0.5) is 30.6 Å². The molecule has 45 heavy (non-hydrogen) atoms. The van der Waals surface area contributed by atoms with Crippen molar-refractivity contribution in [3.63, 3.8) is 0 Å². The number of carbonyl (C=O) groups is 2. The average molecular weight is 628 g/mol. The number of benzene rings is 1. The molecular weight excluding hydrogens is 583 g/mol. The molecule has 12 heteroatoms. The summed E-state index contributed by atoms with van der Waals surface area (Å²) in [4.78, 5) is 38.9. The van der Waals surface area contributed by atoms with E-state index in [1.54, 1.807) is 29.2 Å². The number of anilines is 3. The minimum atomic E-state index is -4.67. The van der Waals surface area contributed by atoms with Gasteiger partial charge in [-0.3, -0.25) is 9.59 Å². The van der Waals surface area contributed by atoms with Crippen LogP contribution in [0.3, 0.4) is 0 Å². The summed E-state index contributed by atoms with van der Waals surface area (Å²) in [6.07, 6.45) is 5.65. The van der Waals surface area contributed by atoms with Crippen LogP contribution in [-0.4, -0.2) is 76.9 Å². The second-order valence-corrected chi connectivity index (χ2v) is 13.5. The molecule has 1 aliphatic heterocycles. The summed E-state index contributed by atoms with van der Waals surface area (Å²) in [5, 5.41) is 9.32. The molecule has 9 nitrogen and oxygen atoms in total. The summed E-state index contributed by atoms with van der Waals surface area (Å²) < 4.78 is 42.5. The van der Waals surface area contributed by atoms with Gasteiger partial charge in [0.1, 0.15) is 11.4 Å². The number of hydrogen-bond donors (Lipinski definition) is 3. The minimum Gasteiger partial charge on any atom is -0.366 e. The number of nitrogens with one attached hydrogen (secondary N) is 3. The fourth-order valence-corrected chi connectivity index (χ4v) is 7.90. The zero-order chi connectivity index (χ0) is 31.7. The lowest BCUT2D eigenvalue weighted by atomic mass is 9.61. The van der Waals surface area contributed by atoms with E-state index in [1.807, 2.05) is 7.05 Å². The SMILES string of the molecule is CN1CCC(N(C)C(=O)c2ccc(Nc3ncc(C(F)(F)F)c(N[C@@H]4C5CCC(CC5)[C@@H]4C(=O)NC4CCCC4)n3)cc2)CC1. The number of piperidine rings is 1. The molecule has 0 spiro atoms. The highest BCUT2D eigenvalue weighted by Crippen LogP contribution is 2.47. The van der Waals surface area contributed by atoms with Crippen molar-refractivity contribution in [2.75, 3.05) is 37.8 Å².